The van der Waals surface area contributed by atoms with Gasteiger partial charge in [0.05, 0.1) is 24.6 Å². The number of amides is 2. The number of carbonyl (C=O) groups excluding carboxylic acids is 2. The fourth-order valence-electron chi connectivity index (χ4n) is 2.54. The van der Waals surface area contributed by atoms with Gasteiger partial charge < -0.3 is 10.6 Å². The van der Waals surface area contributed by atoms with Crippen molar-refractivity contribution in [1.82, 2.24) is 35.5 Å². The van der Waals surface area contributed by atoms with Crippen LogP contribution in [0.1, 0.15) is 46.7 Å². The molecule has 0 spiro atoms. The summed E-state index contributed by atoms with van der Waals surface area (Å²) in [6.07, 6.45) is 0.733. The lowest BCUT2D eigenvalue weighted by atomic mass is 10.2. The molecule has 0 aliphatic carbocycles. The predicted octanol–water partition coefficient (Wildman–Crippen LogP) is 1.40. The summed E-state index contributed by atoms with van der Waals surface area (Å²) in [5.41, 5.74) is 2.33. The molecular formula is C17H19F2N7O3. The second kappa shape index (κ2) is 9.17. The van der Waals surface area contributed by atoms with Gasteiger partial charge in [-0.05, 0) is 30.1 Å². The molecule has 0 saturated heterocycles. The quantitative estimate of drug-likeness (QED) is 0.549. The van der Waals surface area contributed by atoms with E-state index in [0.717, 1.165) is 0 Å². The Labute approximate surface area is 163 Å². The molecule has 29 heavy (non-hydrogen) atoms. The van der Waals surface area contributed by atoms with Crippen LogP contribution in [0.25, 0.3) is 5.65 Å². The Morgan fingerprint density at radius 1 is 1.24 bits per heavy atom. The van der Waals surface area contributed by atoms with Gasteiger partial charge in [0.2, 0.25) is 12.3 Å². The molecule has 0 aliphatic rings. The molecule has 0 radical (unpaired) electrons. The molecule has 0 atom stereocenters. The van der Waals surface area contributed by atoms with Crippen LogP contribution in [0.3, 0.4) is 0 Å². The van der Waals surface area contributed by atoms with E-state index in [-0.39, 0.29) is 44.0 Å². The Morgan fingerprint density at radius 3 is 2.79 bits per heavy atom. The van der Waals surface area contributed by atoms with Crippen molar-refractivity contribution >= 4 is 17.5 Å². The second-order valence-corrected chi connectivity index (χ2v) is 6.34. The van der Waals surface area contributed by atoms with Crippen molar-refractivity contribution in [3.8, 4) is 0 Å². The van der Waals surface area contributed by atoms with Crippen LogP contribution in [0.2, 0.25) is 0 Å². The average Bonchev–Trinajstić information content (AvgIpc) is 3.29. The summed E-state index contributed by atoms with van der Waals surface area (Å²) >= 11 is 0. The van der Waals surface area contributed by atoms with Crippen molar-refractivity contribution in [1.29, 1.82) is 0 Å². The molecule has 0 aliphatic heterocycles. The minimum absolute atomic E-state index is 0.0494. The molecule has 0 aromatic carbocycles. The van der Waals surface area contributed by atoms with Gasteiger partial charge in [-0.3, -0.25) is 9.59 Å². The summed E-state index contributed by atoms with van der Waals surface area (Å²) in [6.45, 7) is 1.98. The van der Waals surface area contributed by atoms with E-state index in [2.05, 4.69) is 35.7 Å². The molecule has 0 fully saturated rings. The van der Waals surface area contributed by atoms with Gasteiger partial charge in [-0.25, -0.2) is 22.9 Å². The van der Waals surface area contributed by atoms with Gasteiger partial charge in [0.15, 0.2) is 11.3 Å². The molecule has 2 amide bonds. The summed E-state index contributed by atoms with van der Waals surface area (Å²) in [5.74, 6) is -0.723. The zero-order valence-corrected chi connectivity index (χ0v) is 15.6. The van der Waals surface area contributed by atoms with Crippen LogP contribution < -0.4 is 10.6 Å². The Balaban J connectivity index is 1.53. The number of hydrogen-bond donors (Lipinski definition) is 2. The van der Waals surface area contributed by atoms with E-state index in [0.29, 0.717) is 22.6 Å². The summed E-state index contributed by atoms with van der Waals surface area (Å²) in [5, 5.41) is 16.6. The van der Waals surface area contributed by atoms with Crippen molar-refractivity contribution in [2.24, 2.45) is 0 Å². The molecule has 12 heteroatoms. The number of rotatable bonds is 9. The van der Waals surface area contributed by atoms with E-state index in [1.807, 2.05) is 0 Å². The first-order valence-electron chi connectivity index (χ1n) is 8.87. The molecule has 10 nitrogen and oxygen atoms in total. The number of fused-ring (bicyclic) bond motifs is 1. The third-order valence-electron chi connectivity index (χ3n) is 4.04. The van der Waals surface area contributed by atoms with Crippen LogP contribution in [-0.4, -0.2) is 43.2 Å². The third-order valence-corrected chi connectivity index (χ3v) is 4.04. The van der Waals surface area contributed by atoms with Gasteiger partial charge in [-0.2, -0.15) is 5.10 Å². The Bertz CT molecular complexity index is 1000. The minimum Gasteiger partial charge on any atom is -0.352 e. The van der Waals surface area contributed by atoms with Gasteiger partial charge in [-0.15, -0.1) is 0 Å². The number of imidazole rings is 1. The van der Waals surface area contributed by atoms with E-state index in [1.54, 1.807) is 29.9 Å². The average molecular weight is 407 g/mol. The smallest absolute Gasteiger partial charge is 0.275 e. The van der Waals surface area contributed by atoms with E-state index < -0.39 is 12.3 Å². The number of alkyl halides is 2. The molecule has 154 valence electrons. The zero-order valence-electron chi connectivity index (χ0n) is 15.6. The first kappa shape index (κ1) is 20.3. The zero-order chi connectivity index (χ0) is 20.8. The third kappa shape index (κ3) is 5.53. The van der Waals surface area contributed by atoms with E-state index >= 15 is 0 Å². The van der Waals surface area contributed by atoms with Crippen LogP contribution >= 0.6 is 0 Å². The van der Waals surface area contributed by atoms with Crippen LogP contribution in [0, 0.1) is 6.92 Å². The summed E-state index contributed by atoms with van der Waals surface area (Å²) in [7, 11) is 0. The standard InChI is InChI=1S/C17H19F2N7O3/c1-10-16(25-29-24-10)17(28)21-8-12-9-26-14(23-12)5-11(7-22-26)6-20-15(27)4-2-3-13(18)19/h5,7,9,13H,2-4,6,8H2,1H3,(H,20,27)(H,21,28). The second-order valence-electron chi connectivity index (χ2n) is 6.34. The highest BCUT2D eigenvalue weighted by Crippen LogP contribution is 2.08. The SMILES string of the molecule is Cc1nonc1C(=O)NCc1cn2ncc(CNC(=O)CCCC(F)F)cc2n1. The molecule has 3 aromatic heterocycles. The number of aryl methyl sites for hydroxylation is 1. The van der Waals surface area contributed by atoms with Crippen molar-refractivity contribution in [3.63, 3.8) is 0 Å². The van der Waals surface area contributed by atoms with E-state index in [1.165, 1.54) is 0 Å². The van der Waals surface area contributed by atoms with Crippen molar-refractivity contribution in [3.05, 3.63) is 41.1 Å². The molecule has 3 aromatic rings. The number of nitrogens with one attached hydrogen (secondary N) is 2. The highest BCUT2D eigenvalue weighted by atomic mass is 19.3. The normalized spacial score (nSPS) is 11.2. The Hall–Kier alpha value is -3.44. The molecular weight excluding hydrogens is 388 g/mol. The van der Waals surface area contributed by atoms with Crippen LogP contribution in [0.5, 0.6) is 0 Å². The van der Waals surface area contributed by atoms with E-state index in [4.69, 9.17) is 0 Å². The van der Waals surface area contributed by atoms with Crippen molar-refractivity contribution in [2.75, 3.05) is 0 Å². The molecule has 0 bridgehead atoms. The largest absolute Gasteiger partial charge is 0.352 e. The lowest BCUT2D eigenvalue weighted by Crippen LogP contribution is -2.24. The first-order valence-corrected chi connectivity index (χ1v) is 8.87. The van der Waals surface area contributed by atoms with Crippen LogP contribution in [0.4, 0.5) is 8.78 Å². The first-order chi connectivity index (χ1) is 13.9. The Kier molecular flexibility index (Phi) is 6.42. The Morgan fingerprint density at radius 2 is 2.07 bits per heavy atom. The number of nitrogens with zero attached hydrogens (tertiary/aromatic N) is 5. The molecule has 3 heterocycles. The molecule has 0 saturated carbocycles. The fraction of sp³-hybridized carbons (Fsp3) is 0.412. The van der Waals surface area contributed by atoms with Gasteiger partial charge in [-0.1, -0.05) is 5.16 Å². The number of halogens is 2. The molecule has 0 unspecified atom stereocenters. The number of carbonyl (C=O) groups is 2. The number of hydrogen-bond acceptors (Lipinski definition) is 7. The lowest BCUT2D eigenvalue weighted by molar-refractivity contribution is -0.121. The molecule has 3 rings (SSSR count). The van der Waals surface area contributed by atoms with Crippen molar-refractivity contribution in [2.45, 2.75) is 45.7 Å². The monoisotopic (exact) mass is 407 g/mol. The maximum Gasteiger partial charge on any atom is 0.275 e. The van der Waals surface area contributed by atoms with Gasteiger partial charge in [0, 0.05) is 19.4 Å². The minimum atomic E-state index is -2.40. The van der Waals surface area contributed by atoms with Crippen LogP contribution in [0.15, 0.2) is 23.1 Å². The maximum absolute atomic E-state index is 12.1. The number of aromatic nitrogens is 5. The van der Waals surface area contributed by atoms with Gasteiger partial charge in [0.1, 0.15) is 5.69 Å². The highest BCUT2D eigenvalue weighted by molar-refractivity contribution is 5.92. The highest BCUT2D eigenvalue weighted by Gasteiger charge is 2.15. The van der Waals surface area contributed by atoms with Crippen molar-refractivity contribution < 1.29 is 23.0 Å². The van der Waals surface area contributed by atoms with Gasteiger partial charge >= 0.3 is 0 Å². The summed E-state index contributed by atoms with van der Waals surface area (Å²) in [4.78, 5) is 28.1. The maximum atomic E-state index is 12.1. The fourth-order valence-corrected chi connectivity index (χ4v) is 2.54. The van der Waals surface area contributed by atoms with E-state index in [9.17, 15) is 18.4 Å². The topological polar surface area (TPSA) is 127 Å². The molecule has 2 N–H and O–H groups in total. The van der Waals surface area contributed by atoms with Crippen LogP contribution in [-0.2, 0) is 17.9 Å². The summed E-state index contributed by atoms with van der Waals surface area (Å²) in [6, 6.07) is 1.74. The van der Waals surface area contributed by atoms with Gasteiger partial charge in [0.25, 0.3) is 5.91 Å². The lowest BCUT2D eigenvalue weighted by Gasteiger charge is -2.05. The predicted molar refractivity (Wildman–Crippen MR) is 94.9 cm³/mol. The summed E-state index contributed by atoms with van der Waals surface area (Å²) < 4.78 is 30.2.